The fourth-order valence-electron chi connectivity index (χ4n) is 5.62. The lowest BCUT2D eigenvalue weighted by molar-refractivity contribution is -0.140. The highest BCUT2D eigenvalue weighted by Gasteiger charge is 2.36. The molecule has 1 N–H and O–H groups in total. The van der Waals surface area contributed by atoms with E-state index in [4.69, 9.17) is 11.6 Å². The molecule has 10 heteroatoms. The molecule has 2 amide bonds. The molecule has 1 aliphatic rings. The summed E-state index contributed by atoms with van der Waals surface area (Å²) >= 11 is 6.50. The fourth-order valence-corrected chi connectivity index (χ4v) is 7.36. The van der Waals surface area contributed by atoms with Gasteiger partial charge >= 0.3 is 0 Å². The summed E-state index contributed by atoms with van der Waals surface area (Å²) in [7, 11) is -4.28. The average molecular weight is 648 g/mol. The Morgan fingerprint density at radius 1 is 0.844 bits per heavy atom. The Morgan fingerprint density at radius 2 is 1.44 bits per heavy atom. The van der Waals surface area contributed by atoms with Crippen LogP contribution in [0.2, 0.25) is 5.02 Å². The number of hydrogen-bond acceptors (Lipinski definition) is 4. The summed E-state index contributed by atoms with van der Waals surface area (Å²) in [5.74, 6) is -1.59. The summed E-state index contributed by atoms with van der Waals surface area (Å²) in [6.07, 6.45) is 3.81. The van der Waals surface area contributed by atoms with Crippen LogP contribution in [0.3, 0.4) is 0 Å². The van der Waals surface area contributed by atoms with Gasteiger partial charge in [0.25, 0.3) is 10.0 Å². The first-order valence-electron chi connectivity index (χ1n) is 14.9. The minimum atomic E-state index is -4.28. The van der Waals surface area contributed by atoms with Gasteiger partial charge in [0.1, 0.15) is 18.4 Å². The Morgan fingerprint density at radius 3 is 2.11 bits per heavy atom. The number of para-hydroxylation sites is 1. The third-order valence-electron chi connectivity index (χ3n) is 8.00. The van der Waals surface area contributed by atoms with Crippen LogP contribution >= 0.6 is 11.6 Å². The molecule has 0 unspecified atom stereocenters. The standard InChI is InChI=1S/C35H35ClFN3O4S/c36-30-20-10-12-22-32(30)40(45(43,44)29-18-5-2-6-19-29)25-34(41)39(24-27-15-7-11-21-31(27)37)33(23-26-13-3-1-4-14-26)35(42)38-28-16-8-9-17-28/h1-7,10-15,18-22,28,33H,8-9,16-17,23-25H2,(H,38,42)/t33-/m0/s1. The van der Waals surface area contributed by atoms with Gasteiger partial charge in [-0.1, -0.05) is 103 Å². The van der Waals surface area contributed by atoms with Crippen LogP contribution in [0.1, 0.15) is 36.8 Å². The van der Waals surface area contributed by atoms with E-state index in [-0.39, 0.29) is 46.1 Å². The number of halogens is 2. The van der Waals surface area contributed by atoms with Gasteiger partial charge in [0.2, 0.25) is 11.8 Å². The van der Waals surface area contributed by atoms with Crippen molar-refractivity contribution in [2.45, 2.75) is 55.6 Å². The van der Waals surface area contributed by atoms with E-state index in [1.807, 2.05) is 30.3 Å². The van der Waals surface area contributed by atoms with E-state index < -0.39 is 34.3 Å². The van der Waals surface area contributed by atoms with Gasteiger partial charge in [0, 0.05) is 24.6 Å². The molecule has 0 aliphatic heterocycles. The molecule has 0 saturated heterocycles. The topological polar surface area (TPSA) is 86.8 Å². The van der Waals surface area contributed by atoms with Gasteiger partial charge in [-0.3, -0.25) is 13.9 Å². The molecule has 4 aromatic carbocycles. The summed E-state index contributed by atoms with van der Waals surface area (Å²) in [6, 6.07) is 28.3. The number of sulfonamides is 1. The monoisotopic (exact) mass is 647 g/mol. The van der Waals surface area contributed by atoms with Crippen LogP contribution in [0.5, 0.6) is 0 Å². The molecule has 1 saturated carbocycles. The van der Waals surface area contributed by atoms with E-state index in [0.717, 1.165) is 35.6 Å². The predicted octanol–water partition coefficient (Wildman–Crippen LogP) is 6.37. The summed E-state index contributed by atoms with van der Waals surface area (Å²) in [4.78, 5) is 29.7. The van der Waals surface area contributed by atoms with Crippen molar-refractivity contribution in [3.05, 3.63) is 131 Å². The maximum atomic E-state index is 15.1. The summed E-state index contributed by atoms with van der Waals surface area (Å²) in [5, 5.41) is 3.24. The number of nitrogens with zero attached hydrogens (tertiary/aromatic N) is 2. The SMILES string of the molecule is O=C(NC1CCCC1)[C@H](Cc1ccccc1)N(Cc1ccccc1F)C(=O)CN(c1ccccc1Cl)S(=O)(=O)c1ccccc1. The Labute approximate surface area is 268 Å². The Bertz CT molecular complexity index is 1720. The van der Waals surface area contributed by atoms with Gasteiger partial charge in [-0.2, -0.15) is 0 Å². The molecule has 7 nitrogen and oxygen atoms in total. The molecule has 4 aromatic rings. The number of carbonyl (C=O) groups is 2. The van der Waals surface area contributed by atoms with Gasteiger partial charge in [-0.25, -0.2) is 12.8 Å². The number of amides is 2. The number of carbonyl (C=O) groups excluding carboxylic acids is 2. The van der Waals surface area contributed by atoms with E-state index in [2.05, 4.69) is 5.32 Å². The van der Waals surface area contributed by atoms with Crippen LogP contribution in [0.4, 0.5) is 10.1 Å². The molecule has 45 heavy (non-hydrogen) atoms. The minimum absolute atomic E-state index is 0.0285. The van der Waals surface area contributed by atoms with Crippen molar-refractivity contribution in [3.8, 4) is 0 Å². The first kappa shape index (κ1) is 32.2. The maximum Gasteiger partial charge on any atom is 0.264 e. The zero-order valence-electron chi connectivity index (χ0n) is 24.7. The van der Waals surface area contributed by atoms with Crippen LogP contribution in [-0.4, -0.2) is 43.8 Å². The second-order valence-corrected chi connectivity index (χ2v) is 13.4. The lowest BCUT2D eigenvalue weighted by Crippen LogP contribution is -2.54. The zero-order valence-corrected chi connectivity index (χ0v) is 26.3. The van der Waals surface area contributed by atoms with E-state index >= 15 is 4.39 Å². The van der Waals surface area contributed by atoms with Gasteiger partial charge < -0.3 is 10.2 Å². The van der Waals surface area contributed by atoms with Crippen molar-refractivity contribution in [3.63, 3.8) is 0 Å². The van der Waals surface area contributed by atoms with E-state index in [9.17, 15) is 18.0 Å². The number of benzene rings is 4. The first-order valence-corrected chi connectivity index (χ1v) is 16.8. The molecule has 0 bridgehead atoms. The predicted molar refractivity (Wildman–Crippen MR) is 174 cm³/mol. The van der Waals surface area contributed by atoms with Crippen LogP contribution in [-0.2, 0) is 32.6 Å². The highest BCUT2D eigenvalue weighted by Crippen LogP contribution is 2.31. The van der Waals surface area contributed by atoms with Crippen molar-refractivity contribution >= 4 is 39.1 Å². The Balaban J connectivity index is 1.57. The molecule has 0 spiro atoms. The third-order valence-corrected chi connectivity index (χ3v) is 10.1. The van der Waals surface area contributed by atoms with Crippen LogP contribution < -0.4 is 9.62 Å². The van der Waals surface area contributed by atoms with Gasteiger partial charge in [-0.15, -0.1) is 0 Å². The Hall–Kier alpha value is -4.21. The Kier molecular flexibility index (Phi) is 10.5. The highest BCUT2D eigenvalue weighted by molar-refractivity contribution is 7.92. The lowest BCUT2D eigenvalue weighted by atomic mass is 10.0. The van der Waals surface area contributed by atoms with Crippen molar-refractivity contribution in [1.29, 1.82) is 0 Å². The van der Waals surface area contributed by atoms with E-state index in [1.165, 1.54) is 29.2 Å². The lowest BCUT2D eigenvalue weighted by Gasteiger charge is -2.34. The summed E-state index contributed by atoms with van der Waals surface area (Å²) in [6.45, 7) is -0.916. The van der Waals surface area contributed by atoms with Gasteiger partial charge in [-0.05, 0) is 48.7 Å². The number of nitrogens with one attached hydrogen (secondary N) is 1. The number of hydrogen-bond donors (Lipinski definition) is 1. The van der Waals surface area contributed by atoms with Crippen LogP contribution in [0, 0.1) is 5.82 Å². The molecule has 5 rings (SSSR count). The largest absolute Gasteiger partial charge is 0.352 e. The van der Waals surface area contributed by atoms with Crippen molar-refractivity contribution in [1.82, 2.24) is 10.2 Å². The molecule has 1 aliphatic carbocycles. The molecular weight excluding hydrogens is 613 g/mol. The number of anilines is 1. The van der Waals surface area contributed by atoms with E-state index in [0.29, 0.717) is 0 Å². The third kappa shape index (κ3) is 7.90. The summed E-state index contributed by atoms with van der Waals surface area (Å²) in [5.41, 5.74) is 1.11. The van der Waals surface area contributed by atoms with Crippen molar-refractivity contribution in [2.24, 2.45) is 0 Å². The van der Waals surface area contributed by atoms with Gasteiger partial charge in [0.15, 0.2) is 0 Å². The normalized spacial score (nSPS) is 14.1. The molecule has 1 fully saturated rings. The first-order chi connectivity index (χ1) is 21.7. The molecule has 0 radical (unpaired) electrons. The zero-order chi connectivity index (χ0) is 31.8. The van der Waals surface area contributed by atoms with Crippen LogP contribution in [0.25, 0.3) is 0 Å². The minimum Gasteiger partial charge on any atom is -0.352 e. The fraction of sp³-hybridized carbons (Fsp3) is 0.257. The molecule has 1 atom stereocenters. The smallest absolute Gasteiger partial charge is 0.264 e. The highest BCUT2D eigenvalue weighted by atomic mass is 35.5. The van der Waals surface area contributed by atoms with Crippen molar-refractivity contribution < 1.29 is 22.4 Å². The molecule has 234 valence electrons. The molecular formula is C35H35ClFN3O4S. The van der Waals surface area contributed by atoms with E-state index in [1.54, 1.807) is 54.6 Å². The van der Waals surface area contributed by atoms with Crippen LogP contribution in [0.15, 0.2) is 114 Å². The summed E-state index contributed by atoms with van der Waals surface area (Å²) < 4.78 is 44.1. The molecule has 0 heterocycles. The second kappa shape index (κ2) is 14.7. The van der Waals surface area contributed by atoms with Crippen molar-refractivity contribution in [2.75, 3.05) is 10.8 Å². The quantitative estimate of drug-likeness (QED) is 0.194. The van der Waals surface area contributed by atoms with Gasteiger partial charge in [0.05, 0.1) is 15.6 Å². The number of rotatable bonds is 12. The maximum absolute atomic E-state index is 15.1. The molecule has 0 aromatic heterocycles. The average Bonchev–Trinajstić information content (AvgIpc) is 3.56. The second-order valence-electron chi connectivity index (χ2n) is 11.1.